The van der Waals surface area contributed by atoms with Crippen molar-refractivity contribution >= 4 is 27.0 Å². The van der Waals surface area contributed by atoms with Crippen LogP contribution in [0, 0.1) is 0 Å². The number of thiophene rings is 1. The van der Waals surface area contributed by atoms with Crippen molar-refractivity contribution in [3.8, 4) is 16.3 Å². The monoisotopic (exact) mass is 437 g/mol. The molecule has 0 radical (unpaired) electrons. The lowest BCUT2D eigenvalue weighted by Crippen LogP contribution is -2.13. The van der Waals surface area contributed by atoms with Crippen LogP contribution in [0.4, 0.5) is 5.69 Å². The molecule has 0 aliphatic heterocycles. The molecule has 0 saturated heterocycles. The average Bonchev–Trinajstić information content (AvgIpc) is 3.44. The van der Waals surface area contributed by atoms with E-state index in [4.69, 9.17) is 0 Å². The van der Waals surface area contributed by atoms with E-state index in [-0.39, 0.29) is 4.90 Å². The number of hydrogen-bond donors (Lipinski definition) is 1. The molecule has 7 heteroatoms. The highest BCUT2D eigenvalue weighted by Crippen LogP contribution is 2.31. The van der Waals surface area contributed by atoms with Crippen LogP contribution in [0.5, 0.6) is 0 Å². The van der Waals surface area contributed by atoms with E-state index in [1.54, 1.807) is 10.9 Å². The number of nitrogens with one attached hydrogen (secondary N) is 1. The van der Waals surface area contributed by atoms with Gasteiger partial charge in [0.2, 0.25) is 0 Å². The Hall–Kier alpha value is -2.90. The van der Waals surface area contributed by atoms with E-state index < -0.39 is 10.0 Å². The molecule has 4 aromatic rings. The zero-order valence-corrected chi connectivity index (χ0v) is 18.3. The molecule has 0 aliphatic rings. The summed E-state index contributed by atoms with van der Waals surface area (Å²) in [6.07, 6.45) is 4.82. The molecule has 0 aliphatic carbocycles. The van der Waals surface area contributed by atoms with Gasteiger partial charge in [-0.1, -0.05) is 49.7 Å². The van der Waals surface area contributed by atoms with E-state index in [9.17, 15) is 8.42 Å². The third-order valence-corrected chi connectivity index (χ3v) is 7.03. The van der Waals surface area contributed by atoms with Crippen LogP contribution in [0.25, 0.3) is 16.3 Å². The van der Waals surface area contributed by atoms with Crippen LogP contribution >= 0.6 is 11.3 Å². The molecule has 5 nitrogen and oxygen atoms in total. The van der Waals surface area contributed by atoms with Gasteiger partial charge in [-0.25, -0.2) is 13.1 Å². The van der Waals surface area contributed by atoms with Crippen LogP contribution < -0.4 is 4.72 Å². The first-order chi connectivity index (χ1) is 14.6. The van der Waals surface area contributed by atoms with Crippen LogP contribution in [-0.2, 0) is 16.4 Å². The van der Waals surface area contributed by atoms with Crippen molar-refractivity contribution in [2.24, 2.45) is 0 Å². The van der Waals surface area contributed by atoms with E-state index >= 15 is 0 Å². The highest BCUT2D eigenvalue weighted by atomic mass is 32.2. The predicted octanol–water partition coefficient (Wildman–Crippen LogP) is 5.74. The molecular weight excluding hydrogens is 414 g/mol. The fraction of sp³-hybridized carbons (Fsp3) is 0.174. The number of rotatable bonds is 8. The molecule has 0 spiro atoms. The van der Waals surface area contributed by atoms with E-state index in [1.807, 2.05) is 72.1 Å². The van der Waals surface area contributed by atoms with Gasteiger partial charge < -0.3 is 0 Å². The summed E-state index contributed by atoms with van der Waals surface area (Å²) in [5.41, 5.74) is 2.99. The summed E-state index contributed by atoms with van der Waals surface area (Å²) in [6.45, 7) is 2.16. The highest BCUT2D eigenvalue weighted by Gasteiger charge is 2.25. The normalized spacial score (nSPS) is 11.5. The molecule has 2 heterocycles. The highest BCUT2D eigenvalue weighted by molar-refractivity contribution is 7.92. The van der Waals surface area contributed by atoms with E-state index in [0.29, 0.717) is 11.4 Å². The first kappa shape index (κ1) is 20.4. The van der Waals surface area contributed by atoms with Gasteiger partial charge in [-0.15, -0.1) is 11.3 Å². The van der Waals surface area contributed by atoms with Gasteiger partial charge >= 0.3 is 0 Å². The Kier molecular flexibility index (Phi) is 6.01. The topological polar surface area (TPSA) is 64.0 Å². The first-order valence-corrected chi connectivity index (χ1v) is 12.2. The van der Waals surface area contributed by atoms with Gasteiger partial charge in [0.15, 0.2) is 0 Å². The van der Waals surface area contributed by atoms with Crippen molar-refractivity contribution in [3.05, 3.63) is 83.9 Å². The summed E-state index contributed by atoms with van der Waals surface area (Å²) in [5, 5.41) is 6.50. The van der Waals surface area contributed by atoms with Gasteiger partial charge in [0, 0.05) is 5.69 Å². The van der Waals surface area contributed by atoms with Crippen LogP contribution in [0.1, 0.15) is 25.3 Å². The summed E-state index contributed by atoms with van der Waals surface area (Å²) in [5.74, 6) is 0. The lowest BCUT2D eigenvalue weighted by atomic mass is 10.1. The number of unbranched alkanes of at least 4 members (excludes halogenated alkanes) is 1. The SMILES string of the molecule is CCCCc1ccc(NS(=O)(=O)c2cn(-c3ccccc3)nc2-c2cccs2)cc1. The summed E-state index contributed by atoms with van der Waals surface area (Å²) in [6, 6.07) is 20.8. The minimum atomic E-state index is -3.81. The minimum Gasteiger partial charge on any atom is -0.280 e. The molecular formula is C23H23N3O2S2. The average molecular weight is 438 g/mol. The third kappa shape index (κ3) is 4.47. The number of aryl methyl sites for hydroxylation is 1. The Morgan fingerprint density at radius 1 is 1.00 bits per heavy atom. The van der Waals surface area contributed by atoms with E-state index in [1.165, 1.54) is 16.9 Å². The molecule has 0 saturated carbocycles. The molecule has 0 fully saturated rings. The summed E-state index contributed by atoms with van der Waals surface area (Å²) in [7, 11) is -3.81. The lowest BCUT2D eigenvalue weighted by Gasteiger charge is -2.08. The standard InChI is InChI=1S/C23H23N3O2S2/c1-2-3-8-18-12-14-19(15-13-18)25-30(27,28)22-17-26(20-9-5-4-6-10-20)24-23(22)21-11-7-16-29-21/h4-7,9-17,25H,2-3,8H2,1H3. The Bertz CT molecular complexity index is 1200. The fourth-order valence-corrected chi connectivity index (χ4v) is 5.17. The number of hydrogen-bond acceptors (Lipinski definition) is 4. The minimum absolute atomic E-state index is 0.156. The maximum atomic E-state index is 13.3. The van der Waals surface area contributed by atoms with Gasteiger partial charge in [0.25, 0.3) is 10.0 Å². The maximum absolute atomic E-state index is 13.3. The van der Waals surface area contributed by atoms with E-state index in [2.05, 4.69) is 16.7 Å². The number of sulfonamides is 1. The molecule has 1 N–H and O–H groups in total. The van der Waals surface area contributed by atoms with Crippen LogP contribution in [0.3, 0.4) is 0 Å². The van der Waals surface area contributed by atoms with Gasteiger partial charge in [0.05, 0.1) is 16.8 Å². The van der Waals surface area contributed by atoms with Crippen molar-refractivity contribution in [2.45, 2.75) is 31.1 Å². The second-order valence-electron chi connectivity index (χ2n) is 7.01. The Morgan fingerprint density at radius 3 is 2.43 bits per heavy atom. The van der Waals surface area contributed by atoms with Gasteiger partial charge in [-0.3, -0.25) is 4.72 Å². The largest absolute Gasteiger partial charge is 0.280 e. The predicted molar refractivity (Wildman–Crippen MR) is 123 cm³/mol. The molecule has 0 unspecified atom stereocenters. The number of anilines is 1. The van der Waals surface area contributed by atoms with Gasteiger partial charge in [-0.05, 0) is 54.1 Å². The summed E-state index contributed by atoms with van der Waals surface area (Å²) >= 11 is 1.46. The molecule has 0 amide bonds. The molecule has 2 aromatic heterocycles. The second kappa shape index (κ2) is 8.85. The molecule has 30 heavy (non-hydrogen) atoms. The number of benzene rings is 2. The van der Waals surface area contributed by atoms with Crippen molar-refractivity contribution in [3.63, 3.8) is 0 Å². The maximum Gasteiger partial charge on any atom is 0.265 e. The molecule has 4 rings (SSSR count). The number of aromatic nitrogens is 2. The molecule has 2 aromatic carbocycles. The van der Waals surface area contributed by atoms with Crippen LogP contribution in [0.15, 0.2) is 83.2 Å². The van der Waals surface area contributed by atoms with Crippen molar-refractivity contribution < 1.29 is 8.42 Å². The zero-order valence-electron chi connectivity index (χ0n) is 16.7. The first-order valence-electron chi connectivity index (χ1n) is 9.87. The van der Waals surface area contributed by atoms with Gasteiger partial charge in [-0.2, -0.15) is 5.10 Å². The quantitative estimate of drug-likeness (QED) is 0.382. The van der Waals surface area contributed by atoms with E-state index in [0.717, 1.165) is 29.8 Å². The van der Waals surface area contributed by atoms with Crippen LogP contribution in [0.2, 0.25) is 0 Å². The summed E-state index contributed by atoms with van der Waals surface area (Å²) in [4.78, 5) is 0.962. The molecule has 0 bridgehead atoms. The van der Waals surface area contributed by atoms with Crippen molar-refractivity contribution in [1.82, 2.24) is 9.78 Å². The van der Waals surface area contributed by atoms with Crippen molar-refractivity contribution in [1.29, 1.82) is 0 Å². The molecule has 154 valence electrons. The Balaban J connectivity index is 1.68. The van der Waals surface area contributed by atoms with Crippen molar-refractivity contribution in [2.75, 3.05) is 4.72 Å². The summed E-state index contributed by atoms with van der Waals surface area (Å²) < 4.78 is 30.8. The number of nitrogens with zero attached hydrogens (tertiary/aromatic N) is 2. The fourth-order valence-electron chi connectivity index (χ4n) is 3.18. The second-order valence-corrected chi connectivity index (χ2v) is 9.60. The van der Waals surface area contributed by atoms with Gasteiger partial charge in [0.1, 0.15) is 10.6 Å². The zero-order chi connectivity index (χ0) is 21.0. The molecule has 0 atom stereocenters. The Labute approximate surface area is 181 Å². The smallest absolute Gasteiger partial charge is 0.265 e. The lowest BCUT2D eigenvalue weighted by molar-refractivity contribution is 0.601. The Morgan fingerprint density at radius 2 is 1.77 bits per heavy atom. The number of para-hydroxylation sites is 1. The third-order valence-electron chi connectivity index (χ3n) is 4.77. The van der Waals surface area contributed by atoms with Crippen LogP contribution in [-0.4, -0.2) is 18.2 Å².